The molecule has 9 aromatic rings. The Balaban J connectivity index is 1.15. The molecule has 4 heterocycles. The van der Waals surface area contributed by atoms with Gasteiger partial charge in [0.25, 0.3) is 6.71 Å². The van der Waals surface area contributed by atoms with Gasteiger partial charge in [-0.2, -0.15) is 0 Å². The highest BCUT2D eigenvalue weighted by molar-refractivity contribution is 7.00. The molecule has 3 unspecified atom stereocenters. The Morgan fingerprint density at radius 2 is 1.13 bits per heavy atom. The highest BCUT2D eigenvalue weighted by atomic mass is 15.3. The van der Waals surface area contributed by atoms with Crippen molar-refractivity contribution in [3.63, 3.8) is 0 Å². The summed E-state index contributed by atoms with van der Waals surface area (Å²) in [5.41, 5.74) is 30.3. The summed E-state index contributed by atoms with van der Waals surface area (Å²) in [6.07, 6.45) is 8.39. The maximum absolute atomic E-state index is 4.73. The average molecular weight is 1130 g/mol. The molecule has 0 spiro atoms. The monoisotopic (exact) mass is 1130 g/mol. The Hall–Kier alpha value is -7.63. The fourth-order valence-electron chi connectivity index (χ4n) is 16.3. The van der Waals surface area contributed by atoms with Crippen molar-refractivity contribution in [1.82, 2.24) is 4.98 Å². The minimum absolute atomic E-state index is 0.0000605. The molecule has 86 heavy (non-hydrogen) atoms. The van der Waals surface area contributed by atoms with Gasteiger partial charge in [0.1, 0.15) is 0 Å². The number of benzene rings is 8. The van der Waals surface area contributed by atoms with Crippen molar-refractivity contribution >= 4 is 68.6 Å². The zero-order valence-electron chi connectivity index (χ0n) is 54.1. The Morgan fingerprint density at radius 3 is 1.81 bits per heavy atom. The maximum Gasteiger partial charge on any atom is 0.252 e. The van der Waals surface area contributed by atoms with Gasteiger partial charge in [-0.3, -0.25) is 4.98 Å². The van der Waals surface area contributed by atoms with Crippen LogP contribution in [-0.2, 0) is 39.0 Å². The van der Waals surface area contributed by atoms with Gasteiger partial charge in [-0.25, -0.2) is 0 Å². The lowest BCUT2D eigenvalue weighted by Crippen LogP contribution is -2.62. The maximum atomic E-state index is 4.73. The van der Waals surface area contributed by atoms with E-state index in [9.17, 15) is 0 Å². The zero-order valence-corrected chi connectivity index (χ0v) is 54.1. The van der Waals surface area contributed by atoms with Crippen LogP contribution in [0.2, 0.25) is 0 Å². The molecule has 434 valence electrons. The van der Waals surface area contributed by atoms with Crippen LogP contribution >= 0.6 is 0 Å². The zero-order chi connectivity index (χ0) is 60.4. The fourth-order valence-corrected chi connectivity index (χ4v) is 16.3. The summed E-state index contributed by atoms with van der Waals surface area (Å²) < 4.78 is 0. The summed E-state index contributed by atoms with van der Waals surface area (Å²) in [5, 5.41) is 0. The number of aryl methyl sites for hydroxylation is 2. The molecule has 14 rings (SSSR count). The van der Waals surface area contributed by atoms with Crippen molar-refractivity contribution < 1.29 is 0 Å². The van der Waals surface area contributed by atoms with Gasteiger partial charge in [0.2, 0.25) is 0 Å². The minimum atomic E-state index is -0.475. The lowest BCUT2D eigenvalue weighted by atomic mass is 9.33. The van der Waals surface area contributed by atoms with E-state index in [1.807, 2.05) is 12.4 Å². The van der Waals surface area contributed by atoms with E-state index >= 15 is 0 Å². The van der Waals surface area contributed by atoms with Crippen LogP contribution in [0.4, 0.5) is 45.5 Å². The van der Waals surface area contributed by atoms with Gasteiger partial charge < -0.3 is 14.7 Å². The molecule has 3 aliphatic heterocycles. The summed E-state index contributed by atoms with van der Waals surface area (Å²) >= 11 is 0. The van der Waals surface area contributed by atoms with E-state index in [2.05, 4.69) is 289 Å². The van der Waals surface area contributed by atoms with Crippen molar-refractivity contribution in [1.29, 1.82) is 0 Å². The standard InChI is InChI=1S/C81H87BN4/c1-50(2)61-37-38-79(13,14)65-47-68-72(46-63(61)65)85(69-34-29-57(77(7,8)9)42-62(69)52-22-18-17-19-23-52)74-45-60(44-73-75(74)82(68)67-43-58(78(10,11)12)30-35-71(67)84(73)59-31-27-56(28-32-59)76(4,5)6)86-70-33-26-54(55-40-51(3)48-83-49-55)41-66(70)80(15)39-36-53-24-20-21-25-64(53)81(80,86)16/h17-35,40-50,61H,36-39H2,1-16H3. The number of aromatic nitrogens is 1. The van der Waals surface area contributed by atoms with Gasteiger partial charge in [-0.05, 0) is 217 Å². The highest BCUT2D eigenvalue weighted by Gasteiger charge is 2.60. The first-order valence-electron chi connectivity index (χ1n) is 32.1. The van der Waals surface area contributed by atoms with Gasteiger partial charge >= 0.3 is 0 Å². The molecule has 1 aromatic heterocycles. The molecular formula is C81H87BN4. The third-order valence-electron chi connectivity index (χ3n) is 21.5. The molecule has 2 aliphatic carbocycles. The third-order valence-corrected chi connectivity index (χ3v) is 21.5. The molecule has 5 heteroatoms. The topological polar surface area (TPSA) is 22.6 Å². The summed E-state index contributed by atoms with van der Waals surface area (Å²) in [4.78, 5) is 13.0. The lowest BCUT2D eigenvalue weighted by molar-refractivity contribution is 0.245. The number of anilines is 8. The van der Waals surface area contributed by atoms with E-state index in [0.717, 1.165) is 24.8 Å². The predicted molar refractivity (Wildman–Crippen MR) is 368 cm³/mol. The van der Waals surface area contributed by atoms with Gasteiger partial charge in [0.05, 0.1) is 11.2 Å². The molecule has 0 saturated carbocycles. The van der Waals surface area contributed by atoms with Gasteiger partial charge in [-0.15, -0.1) is 0 Å². The van der Waals surface area contributed by atoms with E-state index in [0.29, 0.717) is 11.8 Å². The summed E-state index contributed by atoms with van der Waals surface area (Å²) in [5.74, 6) is 0.930. The summed E-state index contributed by atoms with van der Waals surface area (Å²) in [6.45, 7) is 38.4. The molecule has 0 amide bonds. The molecule has 4 nitrogen and oxygen atoms in total. The van der Waals surface area contributed by atoms with Gasteiger partial charge in [0, 0.05) is 68.7 Å². The number of hydrogen-bond donors (Lipinski definition) is 0. The first-order chi connectivity index (χ1) is 40.8. The van der Waals surface area contributed by atoms with E-state index in [1.54, 1.807) is 0 Å². The number of fused-ring (bicyclic) bond motifs is 10. The van der Waals surface area contributed by atoms with Crippen molar-refractivity contribution in [2.45, 2.75) is 175 Å². The van der Waals surface area contributed by atoms with E-state index in [4.69, 9.17) is 4.98 Å². The molecule has 0 saturated heterocycles. The van der Waals surface area contributed by atoms with E-state index < -0.39 is 5.54 Å². The first kappa shape index (κ1) is 56.2. The molecule has 0 radical (unpaired) electrons. The number of rotatable bonds is 6. The largest absolute Gasteiger partial charge is 0.330 e. The average Bonchev–Trinajstić information content (AvgIpc) is 1.50. The normalized spacial score (nSPS) is 20.0. The van der Waals surface area contributed by atoms with Crippen molar-refractivity contribution in [3.8, 4) is 22.3 Å². The number of pyridine rings is 1. The van der Waals surface area contributed by atoms with Crippen LogP contribution in [0.15, 0.2) is 176 Å². The Labute approximate surface area is 514 Å². The SMILES string of the molecule is Cc1cncc(-c2ccc3c(c2)C2(C)CCc4ccccc4C2(C)N3c2cc3c4c(c2)N(c2ccc(C(C)(C)C)cc2-c2ccccc2)c2cc5c(cc2B4c2cc(C(C)(C)C)ccc2N3c2ccc(C(C)(C)C)cc2)C(C)(C)CCC5C(C)C)c1. The van der Waals surface area contributed by atoms with Crippen LogP contribution in [0.3, 0.4) is 0 Å². The van der Waals surface area contributed by atoms with Crippen molar-refractivity contribution in [3.05, 3.63) is 226 Å². The van der Waals surface area contributed by atoms with E-state index in [-0.39, 0.29) is 33.8 Å². The Bertz CT molecular complexity index is 4200. The molecule has 0 fully saturated rings. The van der Waals surface area contributed by atoms with Crippen LogP contribution in [0.1, 0.15) is 179 Å². The smallest absolute Gasteiger partial charge is 0.252 e. The van der Waals surface area contributed by atoms with Crippen LogP contribution < -0.4 is 31.1 Å². The van der Waals surface area contributed by atoms with Crippen LogP contribution in [0.25, 0.3) is 22.3 Å². The van der Waals surface area contributed by atoms with Crippen LogP contribution in [-0.4, -0.2) is 11.7 Å². The van der Waals surface area contributed by atoms with Gasteiger partial charge in [0.15, 0.2) is 0 Å². The minimum Gasteiger partial charge on any atom is -0.330 e. The Kier molecular flexibility index (Phi) is 12.7. The first-order valence-corrected chi connectivity index (χ1v) is 32.1. The van der Waals surface area contributed by atoms with Gasteiger partial charge in [-0.1, -0.05) is 194 Å². The molecular weight excluding hydrogens is 1040 g/mol. The van der Waals surface area contributed by atoms with E-state index in [1.165, 1.54) is 135 Å². The molecule has 0 bridgehead atoms. The summed E-state index contributed by atoms with van der Waals surface area (Å²) in [7, 11) is 0. The Morgan fingerprint density at radius 1 is 0.500 bits per heavy atom. The number of nitrogens with zero attached hydrogens (tertiary/aromatic N) is 4. The van der Waals surface area contributed by atoms with Crippen molar-refractivity contribution in [2.24, 2.45) is 5.92 Å². The highest BCUT2D eigenvalue weighted by Crippen LogP contribution is 2.65. The summed E-state index contributed by atoms with van der Waals surface area (Å²) in [6, 6.07) is 65.5. The van der Waals surface area contributed by atoms with Crippen LogP contribution in [0.5, 0.6) is 0 Å². The molecule has 5 aliphatic rings. The lowest BCUT2D eigenvalue weighted by Gasteiger charge is -2.52. The van der Waals surface area contributed by atoms with Crippen molar-refractivity contribution in [2.75, 3.05) is 14.7 Å². The molecule has 0 N–H and O–H groups in total. The second-order valence-electron chi connectivity index (χ2n) is 30.8. The second kappa shape index (κ2) is 19.4. The van der Waals surface area contributed by atoms with Crippen LogP contribution in [0, 0.1) is 12.8 Å². The molecule has 8 aromatic carbocycles. The quantitative estimate of drug-likeness (QED) is 0.155. The fraction of sp³-hybridized carbons (Fsp3) is 0.346. The number of hydrogen-bond acceptors (Lipinski definition) is 4. The molecule has 3 atom stereocenters. The third kappa shape index (κ3) is 8.54. The predicted octanol–water partition coefficient (Wildman–Crippen LogP) is 19.8. The second-order valence-corrected chi connectivity index (χ2v) is 30.8.